The van der Waals surface area contributed by atoms with Crippen LogP contribution in [0.2, 0.25) is 0 Å². The number of benzene rings is 2. The zero-order chi connectivity index (χ0) is 22.1. The van der Waals surface area contributed by atoms with Gasteiger partial charge in [-0.2, -0.15) is 4.98 Å². The fourth-order valence-corrected chi connectivity index (χ4v) is 3.12. The molecule has 0 unspecified atom stereocenters. The van der Waals surface area contributed by atoms with Gasteiger partial charge in [-0.3, -0.25) is 0 Å². The monoisotopic (exact) mass is 423 g/mol. The number of fused-ring (bicyclic) bond motifs is 1. The Morgan fingerprint density at radius 3 is 2.58 bits per heavy atom. The van der Waals surface area contributed by atoms with Crippen molar-refractivity contribution in [2.75, 3.05) is 6.61 Å². The van der Waals surface area contributed by atoms with Gasteiger partial charge in [0.05, 0.1) is 6.20 Å². The number of aromatic nitrogens is 3. The van der Waals surface area contributed by atoms with Crippen LogP contribution in [0, 0.1) is 26.6 Å². The van der Waals surface area contributed by atoms with Crippen molar-refractivity contribution in [3.05, 3.63) is 59.0 Å². The van der Waals surface area contributed by atoms with E-state index in [9.17, 15) is 9.18 Å². The summed E-state index contributed by atoms with van der Waals surface area (Å²) in [7, 11) is 0. The Morgan fingerprint density at radius 2 is 1.87 bits per heavy atom. The SMILES string of the molecule is Cc1ccc(F)c(Oc2ncc3nc(-c4cc(C)c(OCC(=O)O)c(C)c4)oc3n2)c1. The maximum atomic E-state index is 13.9. The molecule has 0 aliphatic rings. The lowest BCUT2D eigenvalue weighted by molar-refractivity contribution is -0.139. The summed E-state index contributed by atoms with van der Waals surface area (Å²) in [6.45, 7) is 5.00. The van der Waals surface area contributed by atoms with Gasteiger partial charge in [0.15, 0.2) is 18.2 Å². The molecule has 2 aromatic carbocycles. The molecule has 0 saturated heterocycles. The number of hydrogen-bond donors (Lipinski definition) is 1. The zero-order valence-corrected chi connectivity index (χ0v) is 17.0. The third-order valence-corrected chi connectivity index (χ3v) is 4.46. The Morgan fingerprint density at radius 1 is 1.13 bits per heavy atom. The van der Waals surface area contributed by atoms with Crippen LogP contribution in [0.5, 0.6) is 17.5 Å². The van der Waals surface area contributed by atoms with Crippen LogP contribution < -0.4 is 9.47 Å². The summed E-state index contributed by atoms with van der Waals surface area (Å²) in [5, 5.41) is 8.82. The first-order chi connectivity index (χ1) is 14.8. The number of carboxylic acids is 1. The molecule has 8 nitrogen and oxygen atoms in total. The molecule has 2 heterocycles. The number of nitrogens with zero attached hydrogens (tertiary/aromatic N) is 3. The molecule has 0 bridgehead atoms. The quantitative estimate of drug-likeness (QED) is 0.479. The second-order valence-corrected chi connectivity index (χ2v) is 7.02. The molecule has 1 N–H and O–H groups in total. The Balaban J connectivity index is 1.64. The molecule has 0 saturated carbocycles. The number of aliphatic carboxylic acids is 1. The van der Waals surface area contributed by atoms with Gasteiger partial charge in [-0.1, -0.05) is 6.07 Å². The molecule has 2 aromatic heterocycles. The Kier molecular flexibility index (Phi) is 5.24. The molecule has 4 rings (SSSR count). The van der Waals surface area contributed by atoms with Gasteiger partial charge in [0.1, 0.15) is 11.3 Å². The summed E-state index contributed by atoms with van der Waals surface area (Å²) in [4.78, 5) is 23.4. The Labute approximate surface area is 176 Å². The highest BCUT2D eigenvalue weighted by atomic mass is 19.1. The lowest BCUT2D eigenvalue weighted by atomic mass is 10.1. The first-order valence-corrected chi connectivity index (χ1v) is 9.34. The van der Waals surface area contributed by atoms with Gasteiger partial charge in [0, 0.05) is 5.56 Å². The minimum absolute atomic E-state index is 0.0160. The van der Waals surface area contributed by atoms with Crippen LogP contribution in [0.25, 0.3) is 22.7 Å². The predicted molar refractivity (Wildman–Crippen MR) is 109 cm³/mol. The molecule has 0 aliphatic carbocycles. The van der Waals surface area contributed by atoms with Crippen molar-refractivity contribution >= 4 is 17.2 Å². The van der Waals surface area contributed by atoms with Crippen LogP contribution in [0.15, 0.2) is 40.9 Å². The number of carbonyl (C=O) groups is 1. The van der Waals surface area contributed by atoms with E-state index in [0.29, 0.717) is 22.7 Å². The van der Waals surface area contributed by atoms with Gasteiger partial charge >= 0.3 is 12.0 Å². The van der Waals surface area contributed by atoms with Crippen molar-refractivity contribution in [1.29, 1.82) is 0 Å². The maximum Gasteiger partial charge on any atom is 0.341 e. The van der Waals surface area contributed by atoms with Crippen LogP contribution in [0.3, 0.4) is 0 Å². The molecule has 31 heavy (non-hydrogen) atoms. The van der Waals surface area contributed by atoms with Crippen LogP contribution in [0.1, 0.15) is 16.7 Å². The van der Waals surface area contributed by atoms with Gasteiger partial charge < -0.3 is 19.0 Å². The average molecular weight is 423 g/mol. The number of oxazole rings is 1. The average Bonchev–Trinajstić information content (AvgIpc) is 3.13. The molecule has 0 fully saturated rings. The van der Waals surface area contributed by atoms with E-state index in [-0.39, 0.29) is 17.5 Å². The minimum atomic E-state index is -1.05. The van der Waals surface area contributed by atoms with Gasteiger partial charge in [-0.05, 0) is 61.7 Å². The van der Waals surface area contributed by atoms with E-state index >= 15 is 0 Å². The van der Waals surface area contributed by atoms with Crippen LogP contribution in [0.4, 0.5) is 4.39 Å². The number of aryl methyl sites for hydroxylation is 3. The molecule has 0 aliphatic heterocycles. The zero-order valence-electron chi connectivity index (χ0n) is 17.0. The largest absolute Gasteiger partial charge is 0.481 e. The molecule has 0 spiro atoms. The third kappa shape index (κ3) is 4.30. The van der Waals surface area contributed by atoms with Crippen LogP contribution in [-0.2, 0) is 4.79 Å². The van der Waals surface area contributed by atoms with E-state index in [1.165, 1.54) is 12.3 Å². The van der Waals surface area contributed by atoms with E-state index in [1.54, 1.807) is 38.1 Å². The van der Waals surface area contributed by atoms with Crippen LogP contribution >= 0.6 is 0 Å². The normalized spacial score (nSPS) is 11.0. The van der Waals surface area contributed by atoms with Crippen molar-refractivity contribution in [3.8, 4) is 29.0 Å². The minimum Gasteiger partial charge on any atom is -0.481 e. The molecule has 4 aromatic rings. The second kappa shape index (κ2) is 8.02. The van der Waals surface area contributed by atoms with Crippen LogP contribution in [-0.4, -0.2) is 32.6 Å². The van der Waals surface area contributed by atoms with E-state index in [2.05, 4.69) is 15.0 Å². The standard InChI is InChI=1S/C22H18FN3O5/c1-11-4-5-15(23)17(6-11)30-22-24-9-16-21(26-22)31-20(25-16)14-7-12(2)19(13(3)8-14)29-10-18(27)28/h4-9H,10H2,1-3H3,(H,27,28). The molecule has 0 amide bonds. The highest BCUT2D eigenvalue weighted by molar-refractivity contribution is 5.73. The number of halogens is 1. The Bertz CT molecular complexity index is 1280. The third-order valence-electron chi connectivity index (χ3n) is 4.46. The summed E-state index contributed by atoms with van der Waals surface area (Å²) in [5.74, 6) is -0.757. The molecular weight excluding hydrogens is 405 g/mol. The van der Waals surface area contributed by atoms with Gasteiger partial charge in [0.25, 0.3) is 5.71 Å². The summed E-state index contributed by atoms with van der Waals surface area (Å²) in [6.07, 6.45) is 1.43. The fraction of sp³-hybridized carbons (Fsp3) is 0.182. The molecule has 0 radical (unpaired) electrons. The highest BCUT2D eigenvalue weighted by Gasteiger charge is 2.16. The van der Waals surface area contributed by atoms with Gasteiger partial charge in [-0.15, -0.1) is 0 Å². The maximum absolute atomic E-state index is 13.9. The Hall–Kier alpha value is -4.01. The number of hydrogen-bond acceptors (Lipinski definition) is 7. The summed E-state index contributed by atoms with van der Waals surface area (Å²) in [6, 6.07) is 7.99. The van der Waals surface area contributed by atoms with Crippen molar-refractivity contribution in [3.63, 3.8) is 0 Å². The molecule has 0 atom stereocenters. The van der Waals surface area contributed by atoms with Crippen molar-refractivity contribution < 1.29 is 28.2 Å². The van der Waals surface area contributed by atoms with E-state index < -0.39 is 18.4 Å². The summed E-state index contributed by atoms with van der Waals surface area (Å²) in [5.41, 5.74) is 3.58. The van der Waals surface area contributed by atoms with Crippen molar-refractivity contribution in [2.45, 2.75) is 20.8 Å². The lowest BCUT2D eigenvalue weighted by Gasteiger charge is -2.11. The predicted octanol–water partition coefficient (Wildman–Crippen LogP) is 4.60. The smallest absolute Gasteiger partial charge is 0.341 e. The second-order valence-electron chi connectivity index (χ2n) is 7.02. The first-order valence-electron chi connectivity index (χ1n) is 9.34. The summed E-state index contributed by atoms with van der Waals surface area (Å²) < 4.78 is 30.5. The number of rotatable bonds is 6. The van der Waals surface area contributed by atoms with E-state index in [0.717, 1.165) is 16.7 Å². The topological polar surface area (TPSA) is 108 Å². The fourth-order valence-electron chi connectivity index (χ4n) is 3.12. The van der Waals surface area contributed by atoms with Crippen molar-refractivity contribution in [2.24, 2.45) is 0 Å². The highest BCUT2D eigenvalue weighted by Crippen LogP contribution is 2.32. The first kappa shape index (κ1) is 20.3. The molecule has 9 heteroatoms. The van der Waals surface area contributed by atoms with Crippen molar-refractivity contribution in [1.82, 2.24) is 15.0 Å². The lowest BCUT2D eigenvalue weighted by Crippen LogP contribution is -2.10. The van der Waals surface area contributed by atoms with E-state index in [4.69, 9.17) is 19.0 Å². The summed E-state index contributed by atoms with van der Waals surface area (Å²) >= 11 is 0. The molecule has 158 valence electrons. The van der Waals surface area contributed by atoms with Gasteiger partial charge in [-0.25, -0.2) is 19.2 Å². The van der Waals surface area contributed by atoms with E-state index in [1.807, 2.05) is 6.92 Å². The van der Waals surface area contributed by atoms with Gasteiger partial charge in [0.2, 0.25) is 5.89 Å². The number of carboxylic acid groups (broad SMARTS) is 1. The molecular formula is C22H18FN3O5. The number of ether oxygens (including phenoxy) is 2.